The van der Waals surface area contributed by atoms with Gasteiger partial charge in [0, 0.05) is 12.6 Å². The predicted molar refractivity (Wildman–Crippen MR) is 51.9 cm³/mol. The number of aromatic nitrogens is 2. The molecule has 16 heavy (non-hydrogen) atoms. The van der Waals surface area contributed by atoms with E-state index in [9.17, 15) is 19.7 Å². The van der Waals surface area contributed by atoms with Gasteiger partial charge in [0.05, 0.1) is 11.1 Å². The van der Waals surface area contributed by atoms with Gasteiger partial charge in [-0.15, -0.1) is 0 Å². The smallest absolute Gasteiger partial charge is 0.348 e. The molecule has 0 aliphatic rings. The molecule has 0 atom stereocenters. The Bertz CT molecular complexity index is 505. The molecule has 0 aromatic carbocycles. The largest absolute Gasteiger partial charge is 0.478 e. The number of hydrogen-bond donors (Lipinski definition) is 1. The number of aliphatic carboxylic acids is 1. The minimum Gasteiger partial charge on any atom is -0.478 e. The number of carboxylic acids is 1. The first kappa shape index (κ1) is 11.6. The molecule has 1 aromatic heterocycles. The first-order chi connectivity index (χ1) is 7.50. The molecule has 0 aliphatic heterocycles. The van der Waals surface area contributed by atoms with Crippen molar-refractivity contribution >= 4 is 11.7 Å². The van der Waals surface area contributed by atoms with Crippen molar-refractivity contribution in [2.24, 2.45) is 0 Å². The van der Waals surface area contributed by atoms with Crippen molar-refractivity contribution in [2.45, 2.75) is 6.54 Å². The topological polar surface area (TPSA) is 115 Å². The van der Waals surface area contributed by atoms with Crippen molar-refractivity contribution in [2.75, 3.05) is 0 Å². The van der Waals surface area contributed by atoms with Gasteiger partial charge in [-0.2, -0.15) is 4.98 Å². The van der Waals surface area contributed by atoms with E-state index in [2.05, 4.69) is 4.98 Å². The summed E-state index contributed by atoms with van der Waals surface area (Å²) in [6.07, 6.45) is 3.88. The second kappa shape index (κ2) is 4.82. The fourth-order valence-corrected chi connectivity index (χ4v) is 0.936. The van der Waals surface area contributed by atoms with E-state index in [0.29, 0.717) is 0 Å². The van der Waals surface area contributed by atoms with E-state index in [1.807, 2.05) is 0 Å². The Balaban J connectivity index is 2.95. The van der Waals surface area contributed by atoms with Gasteiger partial charge in [-0.05, 0) is 0 Å². The Hall–Kier alpha value is -2.51. The molecule has 1 rings (SSSR count). The van der Waals surface area contributed by atoms with Crippen molar-refractivity contribution in [3.05, 3.63) is 45.1 Å². The molecular formula is C8H7N3O5. The second-order valence-corrected chi connectivity index (χ2v) is 2.74. The van der Waals surface area contributed by atoms with Gasteiger partial charge in [0.15, 0.2) is 0 Å². The van der Waals surface area contributed by atoms with Crippen molar-refractivity contribution in [1.29, 1.82) is 0 Å². The van der Waals surface area contributed by atoms with Crippen LogP contribution in [0.5, 0.6) is 0 Å². The molecule has 84 valence electrons. The monoisotopic (exact) mass is 225 g/mol. The van der Waals surface area contributed by atoms with E-state index in [-0.39, 0.29) is 12.2 Å². The molecule has 1 heterocycles. The van der Waals surface area contributed by atoms with E-state index in [1.54, 1.807) is 0 Å². The van der Waals surface area contributed by atoms with Crippen molar-refractivity contribution in [1.82, 2.24) is 9.55 Å². The molecule has 8 heteroatoms. The van der Waals surface area contributed by atoms with Crippen molar-refractivity contribution in [3.8, 4) is 0 Å². The Morgan fingerprint density at radius 3 is 2.94 bits per heavy atom. The van der Waals surface area contributed by atoms with Crippen LogP contribution in [-0.2, 0) is 11.3 Å². The molecule has 0 aliphatic carbocycles. The Labute approximate surface area is 88.6 Å². The summed E-state index contributed by atoms with van der Waals surface area (Å²) in [7, 11) is 0. The van der Waals surface area contributed by atoms with Gasteiger partial charge < -0.3 is 5.11 Å². The summed E-state index contributed by atoms with van der Waals surface area (Å²) in [6.45, 7) is -0.0835. The quantitative estimate of drug-likeness (QED) is 0.430. The minimum atomic E-state index is -1.16. The van der Waals surface area contributed by atoms with Crippen LogP contribution in [0.4, 0.5) is 5.69 Å². The lowest BCUT2D eigenvalue weighted by Gasteiger charge is -1.99. The molecule has 0 bridgehead atoms. The number of hydrogen-bond acceptors (Lipinski definition) is 5. The van der Waals surface area contributed by atoms with E-state index in [1.165, 1.54) is 6.08 Å². The van der Waals surface area contributed by atoms with Gasteiger partial charge in [0.2, 0.25) is 0 Å². The lowest BCUT2D eigenvalue weighted by molar-refractivity contribution is -0.385. The van der Waals surface area contributed by atoms with Crippen molar-refractivity contribution < 1.29 is 14.8 Å². The van der Waals surface area contributed by atoms with Crippen LogP contribution in [0.1, 0.15) is 0 Å². The lowest BCUT2D eigenvalue weighted by Crippen LogP contribution is -2.21. The number of carbonyl (C=O) groups is 1. The molecule has 0 unspecified atom stereocenters. The summed E-state index contributed by atoms with van der Waals surface area (Å²) in [5, 5.41) is 18.7. The normalized spacial score (nSPS) is 10.5. The average Bonchev–Trinajstić information content (AvgIpc) is 2.20. The maximum absolute atomic E-state index is 11.1. The molecule has 0 radical (unpaired) electrons. The highest BCUT2D eigenvalue weighted by Gasteiger charge is 2.07. The fourth-order valence-electron chi connectivity index (χ4n) is 0.936. The molecule has 1 aromatic rings. The summed E-state index contributed by atoms with van der Waals surface area (Å²) in [6, 6.07) is 0. The summed E-state index contributed by atoms with van der Waals surface area (Å²) < 4.78 is 0.942. The zero-order valence-corrected chi connectivity index (χ0v) is 7.94. The highest BCUT2D eigenvalue weighted by molar-refractivity contribution is 5.79. The lowest BCUT2D eigenvalue weighted by atomic mass is 10.4. The fraction of sp³-hybridized carbons (Fsp3) is 0.125. The molecular weight excluding hydrogens is 218 g/mol. The van der Waals surface area contributed by atoms with Gasteiger partial charge in [-0.1, -0.05) is 6.08 Å². The van der Waals surface area contributed by atoms with Crippen LogP contribution >= 0.6 is 0 Å². The van der Waals surface area contributed by atoms with Gasteiger partial charge in [-0.3, -0.25) is 14.7 Å². The number of nitrogens with zero attached hydrogens (tertiary/aromatic N) is 3. The Morgan fingerprint density at radius 1 is 1.69 bits per heavy atom. The van der Waals surface area contributed by atoms with Crippen molar-refractivity contribution in [3.63, 3.8) is 0 Å². The molecule has 0 fully saturated rings. The standard InChI is InChI=1S/C8H7N3O5/c12-7(13)2-1-3-10-5-6(11(15)16)4-9-8(10)14/h1-2,4-5H,3H2,(H,12,13)/b2-1+. The molecule has 8 nitrogen and oxygen atoms in total. The van der Waals surface area contributed by atoms with E-state index >= 15 is 0 Å². The first-order valence-electron chi connectivity index (χ1n) is 4.11. The van der Waals surface area contributed by atoms with Crippen LogP contribution in [0.2, 0.25) is 0 Å². The Morgan fingerprint density at radius 2 is 2.38 bits per heavy atom. The van der Waals surface area contributed by atoms with E-state index in [4.69, 9.17) is 5.11 Å². The van der Waals surface area contributed by atoms with E-state index in [0.717, 1.165) is 23.0 Å². The third-order valence-electron chi connectivity index (χ3n) is 1.61. The maximum atomic E-state index is 11.1. The molecule has 0 saturated heterocycles. The Kier molecular flexibility index (Phi) is 3.49. The highest BCUT2D eigenvalue weighted by atomic mass is 16.6. The molecule has 0 saturated carbocycles. The summed E-state index contributed by atoms with van der Waals surface area (Å²) >= 11 is 0. The number of rotatable bonds is 4. The van der Waals surface area contributed by atoms with Crippen LogP contribution in [0.25, 0.3) is 0 Å². The molecule has 0 amide bonds. The predicted octanol–water partition coefficient (Wildman–Crippen LogP) is -0.208. The van der Waals surface area contributed by atoms with E-state index < -0.39 is 16.6 Å². The zero-order valence-electron chi connectivity index (χ0n) is 7.94. The highest BCUT2D eigenvalue weighted by Crippen LogP contribution is 2.04. The molecule has 1 N–H and O–H groups in total. The minimum absolute atomic E-state index is 0.0835. The van der Waals surface area contributed by atoms with Gasteiger partial charge in [-0.25, -0.2) is 9.59 Å². The van der Waals surface area contributed by atoms with Crippen LogP contribution in [-0.4, -0.2) is 25.6 Å². The second-order valence-electron chi connectivity index (χ2n) is 2.74. The van der Waals surface area contributed by atoms with Crippen LogP contribution in [0.15, 0.2) is 29.3 Å². The van der Waals surface area contributed by atoms with Gasteiger partial charge in [0.25, 0.3) is 0 Å². The van der Waals surface area contributed by atoms with Gasteiger partial charge >= 0.3 is 17.3 Å². The summed E-state index contributed by atoms with van der Waals surface area (Å²) in [5.41, 5.74) is -1.01. The average molecular weight is 225 g/mol. The summed E-state index contributed by atoms with van der Waals surface area (Å²) in [5.74, 6) is -1.16. The first-order valence-corrected chi connectivity index (χ1v) is 4.11. The van der Waals surface area contributed by atoms with Crippen LogP contribution in [0.3, 0.4) is 0 Å². The van der Waals surface area contributed by atoms with Gasteiger partial charge in [0.1, 0.15) is 6.20 Å². The maximum Gasteiger partial charge on any atom is 0.348 e. The number of nitro groups is 1. The third kappa shape index (κ3) is 3.01. The van der Waals surface area contributed by atoms with Crippen LogP contribution in [0, 0.1) is 10.1 Å². The summed E-state index contributed by atoms with van der Waals surface area (Å²) in [4.78, 5) is 34.2. The third-order valence-corrected chi connectivity index (χ3v) is 1.61. The SMILES string of the molecule is O=C(O)/C=C/Cn1cc([N+](=O)[O-])cnc1=O. The zero-order chi connectivity index (χ0) is 12.1. The number of allylic oxidation sites excluding steroid dienone is 1. The molecule has 0 spiro atoms. The van der Waals surface area contributed by atoms with Crippen LogP contribution < -0.4 is 5.69 Å². The number of carboxylic acid groups (broad SMARTS) is 1.